The fraction of sp³-hybridized carbons (Fsp3) is 0.857. The predicted octanol–water partition coefficient (Wildman–Crippen LogP) is 1.38. The van der Waals surface area contributed by atoms with E-state index in [1.54, 1.807) is 0 Å². The Morgan fingerprint density at radius 1 is 1.37 bits per heavy atom. The van der Waals surface area contributed by atoms with E-state index in [0.29, 0.717) is 18.8 Å². The summed E-state index contributed by atoms with van der Waals surface area (Å²) in [5.41, 5.74) is 0. The van der Waals surface area contributed by atoms with E-state index in [2.05, 4.69) is 10.6 Å². The van der Waals surface area contributed by atoms with Gasteiger partial charge in [-0.1, -0.05) is 13.3 Å². The highest BCUT2D eigenvalue weighted by molar-refractivity contribution is 5.77. The molecule has 0 saturated carbocycles. The van der Waals surface area contributed by atoms with Gasteiger partial charge in [0.1, 0.15) is 0 Å². The van der Waals surface area contributed by atoms with Crippen molar-refractivity contribution in [2.24, 2.45) is 11.8 Å². The fourth-order valence-electron chi connectivity index (χ4n) is 2.49. The number of rotatable bonds is 8. The minimum atomic E-state index is -0.819. The fourth-order valence-corrected chi connectivity index (χ4v) is 2.49. The summed E-state index contributed by atoms with van der Waals surface area (Å²) in [5.74, 6) is -0.646. The highest BCUT2D eigenvalue weighted by atomic mass is 16.4. The van der Waals surface area contributed by atoms with Crippen LogP contribution in [0.5, 0.6) is 0 Å². The van der Waals surface area contributed by atoms with Gasteiger partial charge in [0.05, 0.1) is 5.92 Å². The minimum absolute atomic E-state index is 0.0131. The van der Waals surface area contributed by atoms with Crippen molar-refractivity contribution in [3.8, 4) is 0 Å². The Balaban J connectivity index is 2.17. The van der Waals surface area contributed by atoms with E-state index < -0.39 is 11.9 Å². The van der Waals surface area contributed by atoms with E-state index in [4.69, 9.17) is 5.11 Å². The molecule has 0 radical (unpaired) electrons. The number of hydrogen-bond donors (Lipinski definition) is 3. The molecule has 5 nitrogen and oxygen atoms in total. The molecule has 1 aliphatic heterocycles. The lowest BCUT2D eigenvalue weighted by molar-refractivity contribution is -0.141. The smallest absolute Gasteiger partial charge is 0.308 e. The Morgan fingerprint density at radius 3 is 2.63 bits per heavy atom. The molecular weight excluding hydrogens is 244 g/mol. The van der Waals surface area contributed by atoms with Crippen LogP contribution < -0.4 is 10.6 Å². The standard InChI is InChI=1S/C14H26N2O3/c1-2-3-12(14(18)19)10-16-13(17)5-4-11-6-8-15-9-7-11/h11-12,15H,2-10H2,1H3,(H,16,17)(H,18,19). The first kappa shape index (κ1) is 16.0. The average Bonchev–Trinajstić information content (AvgIpc) is 2.42. The Bertz CT molecular complexity index is 288. The molecule has 1 heterocycles. The highest BCUT2D eigenvalue weighted by Gasteiger charge is 2.18. The Hall–Kier alpha value is -1.10. The first-order chi connectivity index (χ1) is 9.13. The van der Waals surface area contributed by atoms with Crippen molar-refractivity contribution in [1.82, 2.24) is 10.6 Å². The van der Waals surface area contributed by atoms with Crippen LogP contribution in [0.3, 0.4) is 0 Å². The van der Waals surface area contributed by atoms with Gasteiger partial charge >= 0.3 is 5.97 Å². The van der Waals surface area contributed by atoms with E-state index in [1.807, 2.05) is 6.92 Å². The van der Waals surface area contributed by atoms with Gasteiger partial charge in [0.2, 0.25) is 5.91 Å². The summed E-state index contributed by atoms with van der Waals surface area (Å²) < 4.78 is 0. The molecule has 0 bridgehead atoms. The van der Waals surface area contributed by atoms with E-state index in [9.17, 15) is 9.59 Å². The van der Waals surface area contributed by atoms with Crippen LogP contribution in [0.4, 0.5) is 0 Å². The van der Waals surface area contributed by atoms with Gasteiger partial charge in [-0.15, -0.1) is 0 Å². The Kier molecular flexibility index (Phi) is 7.48. The van der Waals surface area contributed by atoms with Crippen molar-refractivity contribution in [2.45, 2.75) is 45.4 Å². The van der Waals surface area contributed by atoms with Crippen molar-refractivity contribution in [3.63, 3.8) is 0 Å². The van der Waals surface area contributed by atoms with Crippen molar-refractivity contribution >= 4 is 11.9 Å². The van der Waals surface area contributed by atoms with Crippen LogP contribution in [0.2, 0.25) is 0 Å². The maximum atomic E-state index is 11.7. The molecule has 1 aliphatic rings. The predicted molar refractivity (Wildman–Crippen MR) is 73.9 cm³/mol. The van der Waals surface area contributed by atoms with Gasteiger partial charge in [0, 0.05) is 13.0 Å². The van der Waals surface area contributed by atoms with E-state index in [-0.39, 0.29) is 12.5 Å². The molecule has 0 aromatic heterocycles. The van der Waals surface area contributed by atoms with Gasteiger partial charge in [-0.25, -0.2) is 0 Å². The number of amides is 1. The number of carbonyl (C=O) groups excluding carboxylic acids is 1. The zero-order valence-electron chi connectivity index (χ0n) is 11.8. The van der Waals surface area contributed by atoms with Gasteiger partial charge in [0.25, 0.3) is 0 Å². The zero-order chi connectivity index (χ0) is 14.1. The highest BCUT2D eigenvalue weighted by Crippen LogP contribution is 2.17. The third kappa shape index (κ3) is 6.57. The van der Waals surface area contributed by atoms with Gasteiger partial charge in [0.15, 0.2) is 0 Å². The van der Waals surface area contributed by atoms with Crippen LogP contribution in [-0.2, 0) is 9.59 Å². The molecule has 1 amide bonds. The number of carboxylic acids is 1. The molecule has 1 saturated heterocycles. The summed E-state index contributed by atoms with van der Waals surface area (Å²) in [4.78, 5) is 22.6. The lowest BCUT2D eigenvalue weighted by Gasteiger charge is -2.22. The normalized spacial score (nSPS) is 17.9. The van der Waals surface area contributed by atoms with Gasteiger partial charge < -0.3 is 15.7 Å². The minimum Gasteiger partial charge on any atom is -0.481 e. The van der Waals surface area contributed by atoms with Crippen molar-refractivity contribution < 1.29 is 14.7 Å². The molecule has 0 spiro atoms. The topological polar surface area (TPSA) is 78.4 Å². The SMILES string of the molecule is CCCC(CNC(=O)CCC1CCNCC1)C(=O)O. The number of carbonyl (C=O) groups is 2. The Labute approximate surface area is 115 Å². The molecule has 1 atom stereocenters. The lowest BCUT2D eigenvalue weighted by atomic mass is 9.93. The largest absolute Gasteiger partial charge is 0.481 e. The van der Waals surface area contributed by atoms with Crippen molar-refractivity contribution in [1.29, 1.82) is 0 Å². The number of nitrogens with one attached hydrogen (secondary N) is 2. The molecule has 1 unspecified atom stereocenters. The zero-order valence-corrected chi connectivity index (χ0v) is 11.8. The number of aliphatic carboxylic acids is 1. The first-order valence-corrected chi connectivity index (χ1v) is 7.33. The van der Waals surface area contributed by atoms with Crippen LogP contribution in [0.1, 0.15) is 45.4 Å². The molecule has 0 aromatic carbocycles. The van der Waals surface area contributed by atoms with Gasteiger partial charge in [-0.05, 0) is 44.7 Å². The number of hydrogen-bond acceptors (Lipinski definition) is 3. The molecule has 19 heavy (non-hydrogen) atoms. The van der Waals surface area contributed by atoms with Gasteiger partial charge in [-0.2, -0.15) is 0 Å². The monoisotopic (exact) mass is 270 g/mol. The number of carboxylic acid groups (broad SMARTS) is 1. The third-order valence-electron chi connectivity index (χ3n) is 3.77. The van der Waals surface area contributed by atoms with Gasteiger partial charge in [-0.3, -0.25) is 9.59 Å². The van der Waals surface area contributed by atoms with E-state index in [0.717, 1.165) is 38.8 Å². The van der Waals surface area contributed by atoms with Crippen molar-refractivity contribution in [2.75, 3.05) is 19.6 Å². The second-order valence-electron chi connectivity index (χ2n) is 5.36. The van der Waals surface area contributed by atoms with Crippen LogP contribution in [0.15, 0.2) is 0 Å². The molecule has 3 N–H and O–H groups in total. The molecule has 110 valence electrons. The molecule has 5 heteroatoms. The summed E-state index contributed by atoms with van der Waals surface area (Å²) in [6.07, 6.45) is 5.15. The van der Waals surface area contributed by atoms with E-state index >= 15 is 0 Å². The maximum absolute atomic E-state index is 11.7. The summed E-state index contributed by atoms with van der Waals surface area (Å²) in [6.45, 7) is 4.30. The van der Waals surface area contributed by atoms with Crippen molar-refractivity contribution in [3.05, 3.63) is 0 Å². The molecule has 1 rings (SSSR count). The van der Waals surface area contributed by atoms with Crippen LogP contribution in [0.25, 0.3) is 0 Å². The Morgan fingerprint density at radius 2 is 2.05 bits per heavy atom. The molecule has 0 aliphatic carbocycles. The molecule has 1 fully saturated rings. The van der Waals surface area contributed by atoms with Crippen LogP contribution in [0, 0.1) is 11.8 Å². The second kappa shape index (κ2) is 8.91. The maximum Gasteiger partial charge on any atom is 0.308 e. The second-order valence-corrected chi connectivity index (χ2v) is 5.36. The summed E-state index contributed by atoms with van der Waals surface area (Å²) >= 11 is 0. The summed E-state index contributed by atoms with van der Waals surface area (Å²) in [5, 5.41) is 15.0. The third-order valence-corrected chi connectivity index (χ3v) is 3.77. The van der Waals surface area contributed by atoms with E-state index in [1.165, 1.54) is 0 Å². The lowest BCUT2D eigenvalue weighted by Crippen LogP contribution is -2.33. The number of piperidine rings is 1. The molecule has 0 aromatic rings. The quantitative estimate of drug-likeness (QED) is 0.622. The average molecular weight is 270 g/mol. The first-order valence-electron chi connectivity index (χ1n) is 7.33. The summed E-state index contributed by atoms with van der Waals surface area (Å²) in [7, 11) is 0. The summed E-state index contributed by atoms with van der Waals surface area (Å²) in [6, 6.07) is 0. The van der Waals surface area contributed by atoms with Crippen LogP contribution in [-0.4, -0.2) is 36.6 Å². The molecular formula is C14H26N2O3. The van der Waals surface area contributed by atoms with Crippen LogP contribution >= 0.6 is 0 Å².